The van der Waals surface area contributed by atoms with Crippen molar-refractivity contribution in [1.29, 1.82) is 0 Å². The number of nitrogens with one attached hydrogen (secondary N) is 1. The fourth-order valence-electron chi connectivity index (χ4n) is 4.65. The average molecular weight is 534 g/mol. The molecule has 1 atom stereocenters. The molecule has 1 amide bonds. The number of halogens is 1. The molecule has 2 aromatic carbocycles. The Hall–Kier alpha value is -4.75. The second-order valence-corrected chi connectivity index (χ2v) is 9.63. The molecule has 0 aliphatic heterocycles. The van der Waals surface area contributed by atoms with Gasteiger partial charge in [0.25, 0.3) is 5.91 Å². The van der Waals surface area contributed by atoms with Crippen LogP contribution in [0.1, 0.15) is 28.1 Å². The Labute approximate surface area is 230 Å². The third-order valence-corrected chi connectivity index (χ3v) is 6.86. The van der Waals surface area contributed by atoms with Crippen LogP contribution in [0.4, 0.5) is 0 Å². The van der Waals surface area contributed by atoms with Crippen molar-refractivity contribution in [2.24, 2.45) is 7.05 Å². The van der Waals surface area contributed by atoms with Crippen LogP contribution in [0.15, 0.2) is 108 Å². The first kappa shape index (κ1) is 24.6. The van der Waals surface area contributed by atoms with E-state index in [1.54, 1.807) is 36.7 Å². The molecule has 39 heavy (non-hydrogen) atoms. The summed E-state index contributed by atoms with van der Waals surface area (Å²) >= 11 is 6.11. The standard InChI is InChI=1S/C31H24ClN5O2/c1-37-27(21-10-8-20(9-11-21)25-7-3-5-15-34-25)19-35-30(37)26(18-24-6-2-4-14-33-24)36-31(38)29-17-22-16-23(32)12-13-28(22)39-29/h2-17,19,26H,18H2,1H3,(H,36,38). The molecule has 7 nitrogen and oxygen atoms in total. The highest BCUT2D eigenvalue weighted by Crippen LogP contribution is 2.28. The topological polar surface area (TPSA) is 85.8 Å². The lowest BCUT2D eigenvalue weighted by Crippen LogP contribution is -2.31. The second-order valence-electron chi connectivity index (χ2n) is 9.20. The molecule has 6 rings (SSSR count). The Balaban J connectivity index is 1.30. The molecule has 1 unspecified atom stereocenters. The molecular weight excluding hydrogens is 510 g/mol. The minimum absolute atomic E-state index is 0.206. The van der Waals surface area contributed by atoms with E-state index in [1.165, 1.54) is 0 Å². The number of rotatable bonds is 7. The number of amides is 1. The van der Waals surface area contributed by atoms with E-state index in [0.29, 0.717) is 22.9 Å². The van der Waals surface area contributed by atoms with E-state index >= 15 is 0 Å². The van der Waals surface area contributed by atoms with Crippen molar-refractivity contribution in [3.05, 3.63) is 126 Å². The van der Waals surface area contributed by atoms with Gasteiger partial charge in [-0.05, 0) is 54.1 Å². The van der Waals surface area contributed by atoms with Crippen LogP contribution >= 0.6 is 11.6 Å². The Kier molecular flexibility index (Phi) is 6.65. The van der Waals surface area contributed by atoms with Crippen LogP contribution in [0.5, 0.6) is 0 Å². The molecule has 0 saturated heterocycles. The fourth-order valence-corrected chi connectivity index (χ4v) is 4.83. The monoisotopic (exact) mass is 533 g/mol. The van der Waals surface area contributed by atoms with Gasteiger partial charge in [0.1, 0.15) is 11.4 Å². The maximum Gasteiger partial charge on any atom is 0.287 e. The number of nitrogens with zero attached hydrogens (tertiary/aromatic N) is 4. The number of benzene rings is 2. The molecule has 0 aliphatic carbocycles. The molecule has 1 N–H and O–H groups in total. The number of hydrogen-bond acceptors (Lipinski definition) is 5. The lowest BCUT2D eigenvalue weighted by Gasteiger charge is -2.18. The molecule has 0 spiro atoms. The maximum absolute atomic E-state index is 13.3. The van der Waals surface area contributed by atoms with Gasteiger partial charge in [0.2, 0.25) is 0 Å². The largest absolute Gasteiger partial charge is 0.451 e. The highest BCUT2D eigenvalue weighted by Gasteiger charge is 2.24. The van der Waals surface area contributed by atoms with Crippen molar-refractivity contribution in [1.82, 2.24) is 24.8 Å². The van der Waals surface area contributed by atoms with E-state index in [-0.39, 0.29) is 11.7 Å². The van der Waals surface area contributed by atoms with Crippen LogP contribution in [0, 0.1) is 0 Å². The van der Waals surface area contributed by atoms with E-state index < -0.39 is 6.04 Å². The zero-order valence-corrected chi connectivity index (χ0v) is 21.8. The van der Waals surface area contributed by atoms with Gasteiger partial charge >= 0.3 is 0 Å². The molecule has 8 heteroatoms. The Morgan fingerprint density at radius 3 is 2.44 bits per heavy atom. The van der Waals surface area contributed by atoms with Gasteiger partial charge < -0.3 is 14.3 Å². The summed E-state index contributed by atoms with van der Waals surface area (Å²) in [5, 5.41) is 4.46. The van der Waals surface area contributed by atoms with Gasteiger partial charge in [0, 0.05) is 47.5 Å². The molecular formula is C31H24ClN5O2. The van der Waals surface area contributed by atoms with Crippen LogP contribution in [0.2, 0.25) is 5.02 Å². The molecule has 0 bridgehead atoms. The van der Waals surface area contributed by atoms with Gasteiger partial charge in [-0.3, -0.25) is 14.8 Å². The zero-order chi connectivity index (χ0) is 26.8. The van der Waals surface area contributed by atoms with Gasteiger partial charge in [0.15, 0.2) is 5.76 Å². The van der Waals surface area contributed by atoms with E-state index in [0.717, 1.165) is 33.6 Å². The summed E-state index contributed by atoms with van der Waals surface area (Å²) in [5.41, 5.74) is 5.32. The fraction of sp³-hybridized carbons (Fsp3) is 0.0968. The Morgan fingerprint density at radius 1 is 0.923 bits per heavy atom. The van der Waals surface area contributed by atoms with Crippen molar-refractivity contribution in [3.63, 3.8) is 0 Å². The molecule has 0 fully saturated rings. The third-order valence-electron chi connectivity index (χ3n) is 6.62. The Morgan fingerprint density at radius 2 is 1.69 bits per heavy atom. The van der Waals surface area contributed by atoms with Crippen molar-refractivity contribution in [2.45, 2.75) is 12.5 Å². The van der Waals surface area contributed by atoms with Crippen molar-refractivity contribution in [2.75, 3.05) is 0 Å². The molecule has 192 valence electrons. The molecule has 4 heterocycles. The van der Waals surface area contributed by atoms with Crippen LogP contribution in [-0.2, 0) is 13.5 Å². The first-order valence-electron chi connectivity index (χ1n) is 12.5. The normalized spacial score (nSPS) is 11.9. The van der Waals surface area contributed by atoms with Crippen LogP contribution in [0.25, 0.3) is 33.5 Å². The number of fused-ring (bicyclic) bond motifs is 1. The number of furan rings is 1. The highest BCUT2D eigenvalue weighted by atomic mass is 35.5. The maximum atomic E-state index is 13.3. The highest BCUT2D eigenvalue weighted by molar-refractivity contribution is 6.31. The number of imidazole rings is 1. The number of hydrogen-bond donors (Lipinski definition) is 1. The van der Waals surface area contributed by atoms with Crippen LogP contribution < -0.4 is 5.32 Å². The van der Waals surface area contributed by atoms with E-state index in [4.69, 9.17) is 21.0 Å². The van der Waals surface area contributed by atoms with Gasteiger partial charge in [-0.25, -0.2) is 4.98 Å². The van der Waals surface area contributed by atoms with Gasteiger partial charge in [0.05, 0.1) is 23.6 Å². The van der Waals surface area contributed by atoms with Gasteiger partial charge in [-0.1, -0.05) is 48.0 Å². The summed E-state index contributed by atoms with van der Waals surface area (Å²) in [6.45, 7) is 0. The summed E-state index contributed by atoms with van der Waals surface area (Å²) in [6, 6.07) is 26.3. The van der Waals surface area contributed by atoms with E-state index in [2.05, 4.69) is 27.4 Å². The molecule has 0 aliphatic rings. The predicted molar refractivity (Wildman–Crippen MR) is 151 cm³/mol. The average Bonchev–Trinajstić information content (AvgIpc) is 3.57. The number of pyridine rings is 2. The number of carbonyl (C=O) groups is 1. The quantitative estimate of drug-likeness (QED) is 0.248. The zero-order valence-electron chi connectivity index (χ0n) is 21.1. The van der Waals surface area contributed by atoms with Crippen LogP contribution in [-0.4, -0.2) is 25.4 Å². The summed E-state index contributed by atoms with van der Waals surface area (Å²) in [5.74, 6) is 0.572. The van der Waals surface area contributed by atoms with E-state index in [1.807, 2.05) is 66.3 Å². The molecule has 0 radical (unpaired) electrons. The van der Waals surface area contributed by atoms with Crippen LogP contribution in [0.3, 0.4) is 0 Å². The minimum Gasteiger partial charge on any atom is -0.451 e. The Bertz CT molecular complexity index is 1750. The summed E-state index contributed by atoms with van der Waals surface area (Å²) in [4.78, 5) is 27.0. The first-order valence-corrected chi connectivity index (χ1v) is 12.9. The summed E-state index contributed by atoms with van der Waals surface area (Å²) < 4.78 is 7.81. The molecule has 0 saturated carbocycles. The molecule has 4 aromatic heterocycles. The minimum atomic E-state index is -0.448. The summed E-state index contributed by atoms with van der Waals surface area (Å²) in [6.07, 6.45) is 5.81. The number of carbonyl (C=O) groups excluding carboxylic acids is 1. The van der Waals surface area contributed by atoms with Gasteiger partial charge in [-0.15, -0.1) is 0 Å². The first-order chi connectivity index (χ1) is 19.0. The lowest BCUT2D eigenvalue weighted by atomic mass is 10.1. The van der Waals surface area contributed by atoms with Crippen molar-refractivity contribution >= 4 is 28.5 Å². The second kappa shape index (κ2) is 10.6. The smallest absolute Gasteiger partial charge is 0.287 e. The predicted octanol–water partition coefficient (Wildman–Crippen LogP) is 6.66. The third kappa shape index (κ3) is 5.17. The number of aromatic nitrogens is 4. The van der Waals surface area contributed by atoms with Crippen molar-refractivity contribution in [3.8, 4) is 22.5 Å². The van der Waals surface area contributed by atoms with Crippen molar-refractivity contribution < 1.29 is 9.21 Å². The van der Waals surface area contributed by atoms with Gasteiger partial charge in [-0.2, -0.15) is 0 Å². The lowest BCUT2D eigenvalue weighted by molar-refractivity contribution is 0.0908. The molecule has 6 aromatic rings. The van der Waals surface area contributed by atoms with E-state index in [9.17, 15) is 4.79 Å². The SMILES string of the molecule is Cn1c(-c2ccc(-c3ccccn3)cc2)cnc1C(Cc1ccccn1)NC(=O)c1cc2cc(Cl)ccc2o1. The summed E-state index contributed by atoms with van der Waals surface area (Å²) in [7, 11) is 1.95.